The van der Waals surface area contributed by atoms with E-state index in [0.29, 0.717) is 31.4 Å². The fourth-order valence-electron chi connectivity index (χ4n) is 1.83. The molecule has 2 aromatic rings. The van der Waals surface area contributed by atoms with E-state index in [1.807, 2.05) is 0 Å². The van der Waals surface area contributed by atoms with Crippen molar-refractivity contribution in [2.45, 2.75) is 27.2 Å². The van der Waals surface area contributed by atoms with Gasteiger partial charge in [0.1, 0.15) is 5.52 Å². The standard InChI is InChI=1S/C15H20N2O3/c1-10(2)9-19-7-6-15(18)17-12-4-5-14-13(8-12)16-11(3)20-14/h4-5,8,10H,6-7,9H2,1-3H3,(H,17,18). The van der Waals surface area contributed by atoms with E-state index in [-0.39, 0.29) is 5.91 Å². The van der Waals surface area contributed by atoms with Crippen LogP contribution in [0.5, 0.6) is 0 Å². The Morgan fingerprint density at radius 2 is 2.25 bits per heavy atom. The van der Waals surface area contributed by atoms with Gasteiger partial charge in [-0.15, -0.1) is 0 Å². The summed E-state index contributed by atoms with van der Waals surface area (Å²) in [6.07, 6.45) is 0.350. The van der Waals surface area contributed by atoms with Gasteiger partial charge in [-0.3, -0.25) is 4.79 Å². The number of amides is 1. The highest BCUT2D eigenvalue weighted by Gasteiger charge is 2.06. The summed E-state index contributed by atoms with van der Waals surface area (Å²) in [5, 5.41) is 2.83. The van der Waals surface area contributed by atoms with E-state index in [1.165, 1.54) is 0 Å². The van der Waals surface area contributed by atoms with Crippen LogP contribution >= 0.6 is 0 Å². The van der Waals surface area contributed by atoms with E-state index in [0.717, 1.165) is 16.8 Å². The molecular formula is C15H20N2O3. The molecule has 2 rings (SSSR count). The van der Waals surface area contributed by atoms with Crippen molar-refractivity contribution in [3.05, 3.63) is 24.1 Å². The van der Waals surface area contributed by atoms with Crippen molar-refractivity contribution in [1.82, 2.24) is 4.98 Å². The third kappa shape index (κ3) is 4.06. The minimum absolute atomic E-state index is 0.0617. The number of carbonyl (C=O) groups is 1. The van der Waals surface area contributed by atoms with Gasteiger partial charge >= 0.3 is 0 Å². The van der Waals surface area contributed by atoms with Crippen molar-refractivity contribution in [2.75, 3.05) is 18.5 Å². The molecule has 0 bridgehead atoms. The van der Waals surface area contributed by atoms with E-state index in [4.69, 9.17) is 9.15 Å². The number of hydrogen-bond donors (Lipinski definition) is 1. The van der Waals surface area contributed by atoms with Gasteiger partial charge in [-0.25, -0.2) is 4.98 Å². The number of nitrogens with one attached hydrogen (secondary N) is 1. The molecule has 0 spiro atoms. The lowest BCUT2D eigenvalue weighted by atomic mass is 10.2. The topological polar surface area (TPSA) is 64.4 Å². The summed E-state index contributed by atoms with van der Waals surface area (Å²) >= 11 is 0. The lowest BCUT2D eigenvalue weighted by Gasteiger charge is -2.07. The van der Waals surface area contributed by atoms with E-state index in [2.05, 4.69) is 24.1 Å². The average Bonchev–Trinajstić information content (AvgIpc) is 2.74. The number of carbonyl (C=O) groups excluding carboxylic acids is 1. The van der Waals surface area contributed by atoms with E-state index in [1.54, 1.807) is 25.1 Å². The Labute approximate surface area is 118 Å². The maximum Gasteiger partial charge on any atom is 0.226 e. The first-order chi connectivity index (χ1) is 9.54. The molecule has 5 nitrogen and oxygen atoms in total. The van der Waals surface area contributed by atoms with Crippen LogP contribution in [0.15, 0.2) is 22.6 Å². The molecule has 0 atom stereocenters. The Morgan fingerprint density at radius 1 is 1.45 bits per heavy atom. The van der Waals surface area contributed by atoms with Crippen LogP contribution in [0.2, 0.25) is 0 Å². The SMILES string of the molecule is Cc1nc2cc(NC(=O)CCOCC(C)C)ccc2o1. The molecule has 5 heteroatoms. The van der Waals surface area contributed by atoms with Crippen LogP contribution in [0.25, 0.3) is 11.1 Å². The molecule has 0 saturated heterocycles. The van der Waals surface area contributed by atoms with Gasteiger partial charge in [0, 0.05) is 19.2 Å². The van der Waals surface area contributed by atoms with Gasteiger partial charge in [-0.2, -0.15) is 0 Å². The van der Waals surface area contributed by atoms with Crippen molar-refractivity contribution in [2.24, 2.45) is 5.92 Å². The first-order valence-electron chi connectivity index (χ1n) is 6.79. The minimum Gasteiger partial charge on any atom is -0.441 e. The Bertz CT molecular complexity index is 590. The number of nitrogens with zero attached hydrogens (tertiary/aromatic N) is 1. The van der Waals surface area contributed by atoms with E-state index in [9.17, 15) is 4.79 Å². The highest BCUT2D eigenvalue weighted by atomic mass is 16.5. The lowest BCUT2D eigenvalue weighted by Crippen LogP contribution is -2.15. The Kier molecular flexibility index (Phi) is 4.74. The van der Waals surface area contributed by atoms with Crippen molar-refractivity contribution < 1.29 is 13.9 Å². The average molecular weight is 276 g/mol. The van der Waals surface area contributed by atoms with E-state index >= 15 is 0 Å². The molecule has 20 heavy (non-hydrogen) atoms. The molecule has 1 amide bonds. The van der Waals surface area contributed by atoms with Gasteiger partial charge in [0.25, 0.3) is 0 Å². The molecule has 0 radical (unpaired) electrons. The van der Waals surface area contributed by atoms with Crippen molar-refractivity contribution in [3.63, 3.8) is 0 Å². The molecule has 0 aliphatic carbocycles. The molecule has 1 aromatic carbocycles. The Balaban J connectivity index is 1.86. The van der Waals surface area contributed by atoms with Gasteiger partial charge in [-0.05, 0) is 24.1 Å². The number of anilines is 1. The maximum atomic E-state index is 11.8. The number of fused-ring (bicyclic) bond motifs is 1. The van der Waals surface area contributed by atoms with Gasteiger partial charge < -0.3 is 14.5 Å². The van der Waals surface area contributed by atoms with Gasteiger partial charge in [0.2, 0.25) is 5.91 Å². The second-order valence-electron chi connectivity index (χ2n) is 5.18. The lowest BCUT2D eigenvalue weighted by molar-refractivity contribution is -0.117. The van der Waals surface area contributed by atoms with Crippen molar-refractivity contribution in [3.8, 4) is 0 Å². The fraction of sp³-hybridized carbons (Fsp3) is 0.467. The van der Waals surface area contributed by atoms with Crippen LogP contribution in [-0.2, 0) is 9.53 Å². The molecule has 0 aliphatic heterocycles. The molecule has 1 aromatic heterocycles. The molecule has 0 aliphatic rings. The van der Waals surface area contributed by atoms with Gasteiger partial charge in [0.05, 0.1) is 13.0 Å². The molecule has 108 valence electrons. The number of ether oxygens (including phenoxy) is 1. The van der Waals surface area contributed by atoms with Crippen molar-refractivity contribution in [1.29, 1.82) is 0 Å². The van der Waals surface area contributed by atoms with Crippen LogP contribution in [-0.4, -0.2) is 24.1 Å². The number of rotatable bonds is 6. The molecule has 1 heterocycles. The van der Waals surface area contributed by atoms with Crippen LogP contribution in [0.1, 0.15) is 26.2 Å². The first-order valence-corrected chi connectivity index (χ1v) is 6.79. The fourth-order valence-corrected chi connectivity index (χ4v) is 1.83. The summed E-state index contributed by atoms with van der Waals surface area (Å²) < 4.78 is 10.8. The number of oxazole rings is 1. The molecular weight excluding hydrogens is 256 g/mol. The van der Waals surface area contributed by atoms with Crippen LogP contribution in [0.4, 0.5) is 5.69 Å². The summed E-state index contributed by atoms with van der Waals surface area (Å²) in [6, 6.07) is 5.42. The smallest absolute Gasteiger partial charge is 0.226 e. The summed E-state index contributed by atoms with van der Waals surface area (Å²) in [6.45, 7) is 7.07. The zero-order valence-electron chi connectivity index (χ0n) is 12.1. The maximum absolute atomic E-state index is 11.8. The van der Waals surface area contributed by atoms with Crippen LogP contribution in [0, 0.1) is 12.8 Å². The van der Waals surface area contributed by atoms with Gasteiger partial charge in [0.15, 0.2) is 11.5 Å². The second kappa shape index (κ2) is 6.52. The number of aryl methyl sites for hydroxylation is 1. The third-order valence-electron chi connectivity index (χ3n) is 2.70. The highest BCUT2D eigenvalue weighted by molar-refractivity contribution is 5.92. The largest absolute Gasteiger partial charge is 0.441 e. The third-order valence-corrected chi connectivity index (χ3v) is 2.70. The van der Waals surface area contributed by atoms with Gasteiger partial charge in [-0.1, -0.05) is 13.8 Å². The number of hydrogen-bond acceptors (Lipinski definition) is 4. The Morgan fingerprint density at radius 3 is 3.00 bits per heavy atom. The summed E-state index contributed by atoms with van der Waals surface area (Å²) in [7, 11) is 0. The second-order valence-corrected chi connectivity index (χ2v) is 5.18. The molecule has 1 N–H and O–H groups in total. The predicted molar refractivity (Wildman–Crippen MR) is 77.6 cm³/mol. The van der Waals surface area contributed by atoms with Crippen LogP contribution in [0.3, 0.4) is 0 Å². The summed E-state index contributed by atoms with van der Waals surface area (Å²) in [5.41, 5.74) is 2.19. The Hall–Kier alpha value is -1.88. The zero-order chi connectivity index (χ0) is 14.5. The summed E-state index contributed by atoms with van der Waals surface area (Å²) in [4.78, 5) is 16.0. The van der Waals surface area contributed by atoms with E-state index < -0.39 is 0 Å². The van der Waals surface area contributed by atoms with Crippen molar-refractivity contribution >= 4 is 22.7 Å². The quantitative estimate of drug-likeness (QED) is 0.823. The minimum atomic E-state index is -0.0617. The number of benzene rings is 1. The highest BCUT2D eigenvalue weighted by Crippen LogP contribution is 2.19. The zero-order valence-corrected chi connectivity index (χ0v) is 12.1. The number of aromatic nitrogens is 1. The summed E-state index contributed by atoms with van der Waals surface area (Å²) in [5.74, 6) is 1.04. The molecule has 0 saturated carbocycles. The normalized spacial score (nSPS) is 11.2. The molecule has 0 fully saturated rings. The van der Waals surface area contributed by atoms with Crippen LogP contribution < -0.4 is 5.32 Å². The first kappa shape index (κ1) is 14.5. The monoisotopic (exact) mass is 276 g/mol. The molecule has 0 unspecified atom stereocenters. The predicted octanol–water partition coefficient (Wildman–Crippen LogP) is 3.14.